The number of nitrogens with one attached hydrogen (secondary N) is 3. The number of hydrogen-bond donors (Lipinski definition) is 3. The van der Waals surface area contributed by atoms with Crippen molar-refractivity contribution in [2.75, 3.05) is 6.54 Å². The third kappa shape index (κ3) is 2.92. The Kier molecular flexibility index (Phi) is 3.74. The number of nitrogens with zero attached hydrogens (tertiary/aromatic N) is 1. The fraction of sp³-hybridized carbons (Fsp3) is 0.333. The number of amides is 1. The Balaban J connectivity index is 1.64. The van der Waals surface area contributed by atoms with Gasteiger partial charge in [-0.05, 0) is 17.7 Å². The van der Waals surface area contributed by atoms with Crippen LogP contribution in [0.15, 0.2) is 29.3 Å². The van der Waals surface area contributed by atoms with Crippen molar-refractivity contribution in [3.63, 3.8) is 0 Å². The molecule has 1 aromatic rings. The minimum absolute atomic E-state index is 0.0242. The monoisotopic (exact) mass is 296 g/mol. The van der Waals surface area contributed by atoms with E-state index in [-0.39, 0.29) is 18.0 Å². The van der Waals surface area contributed by atoms with Crippen molar-refractivity contribution in [1.29, 1.82) is 0 Å². The highest BCUT2D eigenvalue weighted by Gasteiger charge is 2.36. The summed E-state index contributed by atoms with van der Waals surface area (Å²) in [6, 6.07) is 7.66. The lowest BCUT2D eigenvalue weighted by atomic mass is 10.1. The summed E-state index contributed by atoms with van der Waals surface area (Å²) in [5.41, 5.74) is 7.09. The smallest absolute Gasteiger partial charge is 0.233 e. The molecule has 19 heavy (non-hydrogen) atoms. The van der Waals surface area contributed by atoms with E-state index in [2.05, 4.69) is 21.2 Å². The van der Waals surface area contributed by atoms with Gasteiger partial charge >= 0.3 is 0 Å². The van der Waals surface area contributed by atoms with Gasteiger partial charge in [0.2, 0.25) is 5.91 Å². The van der Waals surface area contributed by atoms with E-state index in [9.17, 15) is 4.79 Å². The van der Waals surface area contributed by atoms with E-state index in [1.54, 1.807) is 0 Å². The van der Waals surface area contributed by atoms with E-state index in [1.807, 2.05) is 24.3 Å². The van der Waals surface area contributed by atoms with Crippen molar-refractivity contribution in [2.24, 2.45) is 10.9 Å². The fourth-order valence-electron chi connectivity index (χ4n) is 2.01. The lowest BCUT2D eigenvalue weighted by Crippen LogP contribution is -2.46. The van der Waals surface area contributed by atoms with Crippen LogP contribution in [-0.2, 0) is 10.5 Å². The minimum atomic E-state index is -0.151. The average molecular weight is 297 g/mol. The maximum Gasteiger partial charge on any atom is 0.233 e. The summed E-state index contributed by atoms with van der Waals surface area (Å²) in [4.78, 5) is 16.3. The predicted octanol–water partition coefficient (Wildman–Crippen LogP) is 1.11. The van der Waals surface area contributed by atoms with Gasteiger partial charge < -0.3 is 5.32 Å². The van der Waals surface area contributed by atoms with Gasteiger partial charge in [-0.1, -0.05) is 35.5 Å². The second-order valence-electron chi connectivity index (χ2n) is 4.42. The number of thioether (sulfide) groups is 1. The van der Waals surface area contributed by atoms with E-state index < -0.39 is 0 Å². The molecule has 1 amide bonds. The van der Waals surface area contributed by atoms with Crippen molar-refractivity contribution in [3.8, 4) is 0 Å². The first-order chi connectivity index (χ1) is 9.22. The molecule has 1 aromatic carbocycles. The average Bonchev–Trinajstić information content (AvgIpc) is 2.87. The van der Waals surface area contributed by atoms with E-state index in [4.69, 9.17) is 11.6 Å². The van der Waals surface area contributed by atoms with Crippen LogP contribution in [0.3, 0.4) is 0 Å². The van der Waals surface area contributed by atoms with Crippen molar-refractivity contribution in [3.05, 3.63) is 34.9 Å². The molecule has 0 aromatic heterocycles. The third-order valence-electron chi connectivity index (χ3n) is 3.07. The number of aliphatic imine (C=N–C) groups is 1. The summed E-state index contributed by atoms with van der Waals surface area (Å²) in [6.45, 7) is 0.620. The van der Waals surface area contributed by atoms with E-state index >= 15 is 0 Å². The molecule has 0 spiro atoms. The summed E-state index contributed by atoms with van der Waals surface area (Å²) in [7, 11) is 0. The first kappa shape index (κ1) is 12.9. The van der Waals surface area contributed by atoms with Crippen LogP contribution in [0.25, 0.3) is 0 Å². The Labute approximate surface area is 120 Å². The summed E-state index contributed by atoms with van der Waals surface area (Å²) in [6.07, 6.45) is -0.151. The standard InChI is InChI=1S/C12H13ClN4OS/c13-8-3-1-7(2-4-8)6-19-12-15-10-9(5-14-17-10)11(18)16-12/h1-4,9-10,14,17H,5-6H2,(H,15,16,18). The fourth-order valence-corrected chi connectivity index (χ4v) is 2.99. The highest BCUT2D eigenvalue weighted by Crippen LogP contribution is 2.20. The summed E-state index contributed by atoms with van der Waals surface area (Å²) in [5.74, 6) is 0.664. The Hall–Kier alpha value is -1.08. The molecule has 2 heterocycles. The van der Waals surface area contributed by atoms with Crippen molar-refractivity contribution in [1.82, 2.24) is 16.2 Å². The van der Waals surface area contributed by atoms with Crippen LogP contribution < -0.4 is 16.2 Å². The molecule has 1 saturated heterocycles. The molecule has 1 fully saturated rings. The zero-order chi connectivity index (χ0) is 13.2. The highest BCUT2D eigenvalue weighted by atomic mass is 35.5. The van der Waals surface area contributed by atoms with Crippen molar-refractivity contribution in [2.45, 2.75) is 11.9 Å². The van der Waals surface area contributed by atoms with Gasteiger partial charge in [-0.3, -0.25) is 10.2 Å². The van der Waals surface area contributed by atoms with Gasteiger partial charge in [-0.25, -0.2) is 10.4 Å². The number of carbonyl (C=O) groups excluding carboxylic acids is 1. The van der Waals surface area contributed by atoms with Gasteiger partial charge in [0.05, 0.1) is 5.92 Å². The maximum absolute atomic E-state index is 11.8. The predicted molar refractivity (Wildman–Crippen MR) is 76.7 cm³/mol. The SMILES string of the molecule is O=C1NC(SCc2ccc(Cl)cc2)=NC2NNCC12. The van der Waals surface area contributed by atoms with Crippen molar-refractivity contribution < 1.29 is 4.79 Å². The van der Waals surface area contributed by atoms with Crippen LogP contribution in [0.4, 0.5) is 0 Å². The normalized spacial score (nSPS) is 25.7. The number of hydrazine groups is 1. The Morgan fingerprint density at radius 3 is 2.95 bits per heavy atom. The van der Waals surface area contributed by atoms with Gasteiger partial charge in [-0.15, -0.1) is 0 Å². The molecule has 2 atom stereocenters. The molecular formula is C12H13ClN4OS. The van der Waals surface area contributed by atoms with E-state index in [1.165, 1.54) is 11.8 Å². The Morgan fingerprint density at radius 1 is 1.37 bits per heavy atom. The molecule has 0 aliphatic carbocycles. The number of rotatable bonds is 2. The number of amidine groups is 1. The topological polar surface area (TPSA) is 65.5 Å². The quantitative estimate of drug-likeness (QED) is 0.765. The van der Waals surface area contributed by atoms with Crippen molar-refractivity contribution >= 4 is 34.4 Å². The van der Waals surface area contributed by atoms with Gasteiger partial charge in [0, 0.05) is 17.3 Å². The highest BCUT2D eigenvalue weighted by molar-refractivity contribution is 8.13. The van der Waals surface area contributed by atoms with Gasteiger partial charge in [0.1, 0.15) is 6.17 Å². The number of hydrogen-bond acceptors (Lipinski definition) is 5. The molecule has 0 saturated carbocycles. The maximum atomic E-state index is 11.8. The van der Waals surface area contributed by atoms with Gasteiger partial charge in [0.15, 0.2) is 5.17 Å². The van der Waals surface area contributed by atoms with Crippen LogP contribution >= 0.6 is 23.4 Å². The molecule has 7 heteroatoms. The molecule has 0 radical (unpaired) electrons. The van der Waals surface area contributed by atoms with E-state index in [0.29, 0.717) is 11.7 Å². The minimum Gasteiger partial charge on any atom is -0.305 e. The number of halogens is 1. The molecule has 3 N–H and O–H groups in total. The molecule has 100 valence electrons. The first-order valence-electron chi connectivity index (χ1n) is 5.97. The van der Waals surface area contributed by atoms with Crippen LogP contribution in [0.2, 0.25) is 5.02 Å². The van der Waals surface area contributed by atoms with Crippen LogP contribution in [-0.4, -0.2) is 23.8 Å². The molecule has 0 bridgehead atoms. The van der Waals surface area contributed by atoms with Crippen LogP contribution in [0, 0.1) is 5.92 Å². The summed E-state index contributed by atoms with van der Waals surface area (Å²) >= 11 is 7.35. The molecule has 5 nitrogen and oxygen atoms in total. The zero-order valence-corrected chi connectivity index (χ0v) is 11.6. The Bertz CT molecular complexity index is 519. The lowest BCUT2D eigenvalue weighted by molar-refractivity contribution is -0.123. The van der Waals surface area contributed by atoms with Gasteiger partial charge in [0.25, 0.3) is 0 Å². The first-order valence-corrected chi connectivity index (χ1v) is 7.33. The lowest BCUT2D eigenvalue weighted by Gasteiger charge is -2.22. The largest absolute Gasteiger partial charge is 0.305 e. The molecule has 3 rings (SSSR count). The summed E-state index contributed by atoms with van der Waals surface area (Å²) < 4.78 is 0. The molecule has 2 aliphatic rings. The van der Waals surface area contributed by atoms with Crippen LogP contribution in [0.1, 0.15) is 5.56 Å². The molecule has 2 unspecified atom stereocenters. The number of fused-ring (bicyclic) bond motifs is 1. The second kappa shape index (κ2) is 5.50. The summed E-state index contributed by atoms with van der Waals surface area (Å²) in [5, 5.41) is 4.22. The second-order valence-corrected chi connectivity index (χ2v) is 5.82. The third-order valence-corrected chi connectivity index (χ3v) is 4.28. The number of benzene rings is 1. The van der Waals surface area contributed by atoms with E-state index in [0.717, 1.165) is 16.3 Å². The molecule has 2 aliphatic heterocycles. The van der Waals surface area contributed by atoms with Crippen LogP contribution in [0.5, 0.6) is 0 Å². The zero-order valence-electron chi connectivity index (χ0n) is 10.0. The number of carbonyl (C=O) groups is 1. The molecular weight excluding hydrogens is 284 g/mol. The van der Waals surface area contributed by atoms with Gasteiger partial charge in [-0.2, -0.15) is 0 Å². The Morgan fingerprint density at radius 2 is 2.16 bits per heavy atom.